The molecule has 1 N–H and O–H groups in total. The lowest BCUT2D eigenvalue weighted by Crippen LogP contribution is -2.27. The number of rotatable bonds is 6. The molecule has 1 heterocycles. The summed E-state index contributed by atoms with van der Waals surface area (Å²) in [6.45, 7) is 1.59. The molecule has 0 spiro atoms. The first-order valence-corrected chi connectivity index (χ1v) is 8.93. The lowest BCUT2D eigenvalue weighted by atomic mass is 10.2. The Hall–Kier alpha value is -4.41. The average Bonchev–Trinajstić information content (AvgIpc) is 2.75. The summed E-state index contributed by atoms with van der Waals surface area (Å²) in [4.78, 5) is 47.5. The Morgan fingerprint density at radius 2 is 1.81 bits per heavy atom. The number of non-ortho nitro benzene ring substituents is 1. The van der Waals surface area contributed by atoms with Crippen LogP contribution in [-0.2, 0) is 4.74 Å². The zero-order valence-electron chi connectivity index (χ0n) is 16.1. The molecule has 0 aliphatic carbocycles. The Labute approximate surface area is 174 Å². The highest BCUT2D eigenvalue weighted by Gasteiger charge is 2.21. The van der Waals surface area contributed by atoms with E-state index in [4.69, 9.17) is 4.74 Å². The minimum atomic E-state index is -0.891. The molecule has 2 aromatic carbocycles. The molecule has 0 fully saturated rings. The van der Waals surface area contributed by atoms with Gasteiger partial charge in [0.15, 0.2) is 5.69 Å². The number of amides is 1. The maximum Gasteiger partial charge on any atom is 0.360 e. The van der Waals surface area contributed by atoms with Crippen LogP contribution in [0.4, 0.5) is 15.8 Å². The van der Waals surface area contributed by atoms with Gasteiger partial charge in [-0.05, 0) is 43.3 Å². The predicted octanol–water partition coefficient (Wildman–Crippen LogP) is 2.71. The van der Waals surface area contributed by atoms with Gasteiger partial charge in [-0.3, -0.25) is 19.7 Å². The van der Waals surface area contributed by atoms with E-state index in [0.29, 0.717) is 0 Å². The van der Waals surface area contributed by atoms with Crippen LogP contribution in [-0.4, -0.2) is 33.2 Å². The summed E-state index contributed by atoms with van der Waals surface area (Å²) < 4.78 is 19.0. The number of carbonyl (C=O) groups excluding carboxylic acids is 2. The summed E-state index contributed by atoms with van der Waals surface area (Å²) in [6.07, 6.45) is 0. The first kappa shape index (κ1) is 21.3. The lowest BCUT2D eigenvalue weighted by Gasteiger charge is -2.12. The molecule has 11 heteroatoms. The topological polar surface area (TPSA) is 133 Å². The Morgan fingerprint density at radius 1 is 1.16 bits per heavy atom. The van der Waals surface area contributed by atoms with E-state index in [1.54, 1.807) is 6.92 Å². The van der Waals surface area contributed by atoms with Crippen LogP contribution in [0.2, 0.25) is 0 Å². The number of aromatic nitrogens is 2. The maximum atomic E-state index is 13.2. The molecule has 31 heavy (non-hydrogen) atoms. The fraction of sp³-hybridized carbons (Fsp3) is 0.100. The number of hydrogen-bond acceptors (Lipinski definition) is 7. The van der Waals surface area contributed by atoms with Crippen molar-refractivity contribution in [2.75, 3.05) is 11.9 Å². The highest BCUT2D eigenvalue weighted by atomic mass is 19.1. The third kappa shape index (κ3) is 4.78. The summed E-state index contributed by atoms with van der Waals surface area (Å²) in [5.41, 5.74) is -1.19. The number of hydrogen-bond donors (Lipinski definition) is 1. The van der Waals surface area contributed by atoms with Gasteiger partial charge >= 0.3 is 5.97 Å². The zero-order valence-corrected chi connectivity index (χ0v) is 16.1. The summed E-state index contributed by atoms with van der Waals surface area (Å²) in [5, 5.41) is 17.1. The molecule has 0 saturated carbocycles. The number of halogens is 1. The fourth-order valence-corrected chi connectivity index (χ4v) is 2.60. The molecule has 0 saturated heterocycles. The molecule has 158 valence electrons. The van der Waals surface area contributed by atoms with Gasteiger partial charge in [-0.2, -0.15) is 9.78 Å². The van der Waals surface area contributed by atoms with Gasteiger partial charge in [-0.1, -0.05) is 0 Å². The van der Waals surface area contributed by atoms with Crippen molar-refractivity contribution in [3.8, 4) is 5.69 Å². The van der Waals surface area contributed by atoms with Crippen molar-refractivity contribution >= 4 is 23.3 Å². The molecule has 0 aliphatic rings. The standard InChI is InChI=1S/C20H15FN4O6/c1-2-31-20(28)18-16(22-19(27)12-3-7-15(8-4-12)25(29)30)11-17(26)24(23-18)14-9-5-13(21)6-10-14/h3-11H,2H2,1H3,(H,22,27). The number of carbonyl (C=O) groups is 2. The van der Waals surface area contributed by atoms with Crippen molar-refractivity contribution in [2.45, 2.75) is 6.92 Å². The number of nitrogens with zero attached hydrogens (tertiary/aromatic N) is 3. The van der Waals surface area contributed by atoms with E-state index in [1.807, 2.05) is 0 Å². The number of esters is 1. The molecule has 3 aromatic rings. The van der Waals surface area contributed by atoms with Gasteiger partial charge in [0.05, 0.1) is 22.9 Å². The third-order valence-corrected chi connectivity index (χ3v) is 4.06. The Balaban J connectivity index is 2.00. The summed E-state index contributed by atoms with van der Waals surface area (Å²) in [7, 11) is 0. The molecule has 1 amide bonds. The number of anilines is 1. The highest BCUT2D eigenvalue weighted by Crippen LogP contribution is 2.17. The molecule has 0 radical (unpaired) electrons. The van der Waals surface area contributed by atoms with Gasteiger partial charge in [0, 0.05) is 23.8 Å². The Kier molecular flexibility index (Phi) is 6.15. The molecular weight excluding hydrogens is 411 g/mol. The van der Waals surface area contributed by atoms with Crippen molar-refractivity contribution in [1.29, 1.82) is 0 Å². The summed E-state index contributed by atoms with van der Waals surface area (Å²) in [5.74, 6) is -2.13. The minimum absolute atomic E-state index is 0.0198. The smallest absolute Gasteiger partial charge is 0.360 e. The molecule has 1 aromatic heterocycles. The van der Waals surface area contributed by atoms with E-state index in [0.717, 1.165) is 35.0 Å². The molecular formula is C20H15FN4O6. The largest absolute Gasteiger partial charge is 0.461 e. The second-order valence-electron chi connectivity index (χ2n) is 6.11. The van der Waals surface area contributed by atoms with Crippen molar-refractivity contribution in [1.82, 2.24) is 9.78 Å². The van der Waals surface area contributed by atoms with Gasteiger partial charge in [0.2, 0.25) is 0 Å². The molecule has 0 aliphatic heterocycles. The minimum Gasteiger partial charge on any atom is -0.461 e. The normalized spacial score (nSPS) is 10.4. The van der Waals surface area contributed by atoms with Crippen molar-refractivity contribution in [3.63, 3.8) is 0 Å². The van der Waals surface area contributed by atoms with Crippen LogP contribution in [0.3, 0.4) is 0 Å². The van der Waals surface area contributed by atoms with Gasteiger partial charge in [-0.15, -0.1) is 0 Å². The summed E-state index contributed by atoms with van der Waals surface area (Å²) in [6, 6.07) is 10.6. The van der Waals surface area contributed by atoms with E-state index in [9.17, 15) is 28.9 Å². The van der Waals surface area contributed by atoms with Crippen molar-refractivity contribution in [3.05, 3.63) is 92.1 Å². The fourth-order valence-electron chi connectivity index (χ4n) is 2.60. The van der Waals surface area contributed by atoms with Crippen LogP contribution in [0.1, 0.15) is 27.8 Å². The molecule has 0 bridgehead atoms. The van der Waals surface area contributed by atoms with E-state index >= 15 is 0 Å². The van der Waals surface area contributed by atoms with Crippen molar-refractivity contribution in [2.24, 2.45) is 0 Å². The van der Waals surface area contributed by atoms with E-state index in [2.05, 4.69) is 10.4 Å². The number of benzene rings is 2. The zero-order chi connectivity index (χ0) is 22.5. The summed E-state index contributed by atoms with van der Waals surface area (Å²) >= 11 is 0. The van der Waals surface area contributed by atoms with E-state index in [1.165, 1.54) is 24.3 Å². The second kappa shape index (κ2) is 8.95. The first-order valence-electron chi connectivity index (χ1n) is 8.93. The molecule has 0 atom stereocenters. The third-order valence-electron chi connectivity index (χ3n) is 4.06. The number of nitro benzene ring substituents is 1. The number of nitrogens with one attached hydrogen (secondary N) is 1. The van der Waals surface area contributed by atoms with Crippen LogP contribution in [0.5, 0.6) is 0 Å². The molecule has 10 nitrogen and oxygen atoms in total. The molecule has 3 rings (SSSR count). The molecule has 0 unspecified atom stereocenters. The van der Waals surface area contributed by atoms with Crippen LogP contribution in [0.15, 0.2) is 59.4 Å². The second-order valence-corrected chi connectivity index (χ2v) is 6.11. The number of ether oxygens (including phenoxy) is 1. The van der Waals surface area contributed by atoms with Crippen LogP contribution >= 0.6 is 0 Å². The van der Waals surface area contributed by atoms with Gasteiger partial charge in [-0.25, -0.2) is 9.18 Å². The quantitative estimate of drug-likeness (QED) is 0.364. The van der Waals surface area contributed by atoms with Gasteiger partial charge in [0.25, 0.3) is 17.2 Å². The SMILES string of the molecule is CCOC(=O)c1nn(-c2ccc(F)cc2)c(=O)cc1NC(=O)c1ccc([N+](=O)[O-])cc1. The van der Waals surface area contributed by atoms with E-state index in [-0.39, 0.29) is 34.9 Å². The number of nitro groups is 1. The van der Waals surface area contributed by atoms with Gasteiger partial charge in [0.1, 0.15) is 5.82 Å². The van der Waals surface area contributed by atoms with Crippen LogP contribution in [0.25, 0.3) is 5.69 Å². The Bertz CT molecular complexity index is 1210. The highest BCUT2D eigenvalue weighted by molar-refractivity contribution is 6.07. The predicted molar refractivity (Wildman–Crippen MR) is 107 cm³/mol. The van der Waals surface area contributed by atoms with Gasteiger partial charge < -0.3 is 10.1 Å². The average molecular weight is 426 g/mol. The maximum absolute atomic E-state index is 13.2. The monoisotopic (exact) mass is 426 g/mol. The van der Waals surface area contributed by atoms with Crippen LogP contribution in [0, 0.1) is 15.9 Å². The van der Waals surface area contributed by atoms with Crippen LogP contribution < -0.4 is 10.9 Å². The lowest BCUT2D eigenvalue weighted by molar-refractivity contribution is -0.384. The Morgan fingerprint density at radius 3 is 2.39 bits per heavy atom. The first-order chi connectivity index (χ1) is 14.8. The van der Waals surface area contributed by atoms with Crippen molar-refractivity contribution < 1.29 is 23.6 Å². The van der Waals surface area contributed by atoms with E-state index < -0.39 is 28.2 Å².